The van der Waals surface area contributed by atoms with Crippen LogP contribution in [-0.2, 0) is 10.2 Å². The van der Waals surface area contributed by atoms with Crippen LogP contribution < -0.4 is 5.32 Å². The van der Waals surface area contributed by atoms with Gasteiger partial charge in [-0.1, -0.05) is 6.92 Å². The van der Waals surface area contributed by atoms with Crippen LogP contribution in [-0.4, -0.2) is 47.0 Å². The molecule has 1 N–H and O–H groups in total. The van der Waals surface area contributed by atoms with Gasteiger partial charge >= 0.3 is 0 Å². The smallest absolute Gasteiger partial charge is 0.245 e. The molecule has 1 saturated heterocycles. The highest BCUT2D eigenvalue weighted by Gasteiger charge is 2.35. The maximum absolute atomic E-state index is 12.3. The van der Waals surface area contributed by atoms with E-state index in [-0.39, 0.29) is 17.4 Å². The van der Waals surface area contributed by atoms with Crippen molar-refractivity contribution in [2.45, 2.75) is 38.6 Å². The van der Waals surface area contributed by atoms with Crippen molar-refractivity contribution in [2.75, 3.05) is 26.7 Å². The molecule has 106 valence electrons. The molecule has 1 amide bonds. The number of likely N-dealkylation sites (N-methyl/N-ethyl adjacent to an activating group) is 1. The summed E-state index contributed by atoms with van der Waals surface area (Å²) in [5, 5.41) is 3.39. The van der Waals surface area contributed by atoms with Crippen molar-refractivity contribution in [2.24, 2.45) is 0 Å². The molecule has 0 aromatic carbocycles. The van der Waals surface area contributed by atoms with Crippen molar-refractivity contribution in [3.63, 3.8) is 0 Å². The maximum atomic E-state index is 12.3. The molecule has 19 heavy (non-hydrogen) atoms. The molecular formula is C14H24N4O. The highest BCUT2D eigenvalue weighted by atomic mass is 16.2. The number of hydrogen-bond donors (Lipinski definition) is 1. The molecule has 1 fully saturated rings. The fourth-order valence-electron chi connectivity index (χ4n) is 2.71. The second-order valence-electron chi connectivity index (χ2n) is 5.70. The van der Waals surface area contributed by atoms with Crippen molar-refractivity contribution in [3.8, 4) is 0 Å². The van der Waals surface area contributed by atoms with E-state index in [1.165, 1.54) is 0 Å². The van der Waals surface area contributed by atoms with E-state index in [2.05, 4.69) is 17.2 Å². The summed E-state index contributed by atoms with van der Waals surface area (Å²) in [6.45, 7) is 8.88. The van der Waals surface area contributed by atoms with Gasteiger partial charge in [0, 0.05) is 37.4 Å². The number of hydrogen-bond acceptors (Lipinski definition) is 3. The van der Waals surface area contributed by atoms with Gasteiger partial charge in [0.15, 0.2) is 0 Å². The number of rotatable bonds is 4. The summed E-state index contributed by atoms with van der Waals surface area (Å²) in [5.74, 6) is 0.135. The molecule has 5 heteroatoms. The summed E-state index contributed by atoms with van der Waals surface area (Å²) in [5.41, 5.74) is 1.23. The van der Waals surface area contributed by atoms with Crippen molar-refractivity contribution >= 4 is 5.91 Å². The Balaban J connectivity index is 2.26. The Morgan fingerprint density at radius 1 is 1.68 bits per heavy atom. The summed E-state index contributed by atoms with van der Waals surface area (Å²) in [7, 11) is 1.84. The molecular weight excluding hydrogens is 240 g/mol. The standard InChI is InChI=1S/C14H24N4O/c1-5-17(4)13(19)11(2)18-10-16-8-12(18)14(3)6-7-15-9-14/h8,10-11,15H,5-7,9H2,1-4H3. The maximum Gasteiger partial charge on any atom is 0.245 e. The molecule has 2 atom stereocenters. The molecule has 0 saturated carbocycles. The molecule has 0 aliphatic carbocycles. The normalized spacial score (nSPS) is 24.4. The molecule has 1 aromatic rings. The fourth-order valence-corrected chi connectivity index (χ4v) is 2.71. The Labute approximate surface area is 115 Å². The number of carbonyl (C=O) groups is 1. The first-order valence-corrected chi connectivity index (χ1v) is 6.97. The van der Waals surface area contributed by atoms with Gasteiger partial charge in [-0.25, -0.2) is 4.98 Å². The summed E-state index contributed by atoms with van der Waals surface area (Å²) >= 11 is 0. The van der Waals surface area contributed by atoms with Gasteiger partial charge < -0.3 is 14.8 Å². The van der Waals surface area contributed by atoms with Gasteiger partial charge in [-0.05, 0) is 26.8 Å². The molecule has 2 rings (SSSR count). The molecule has 1 aromatic heterocycles. The highest BCUT2D eigenvalue weighted by molar-refractivity contribution is 5.79. The monoisotopic (exact) mass is 264 g/mol. The summed E-state index contributed by atoms with van der Waals surface area (Å²) < 4.78 is 2.03. The summed E-state index contributed by atoms with van der Waals surface area (Å²) in [6.07, 6.45) is 4.77. The van der Waals surface area contributed by atoms with Gasteiger partial charge in [0.2, 0.25) is 5.91 Å². The number of imidazole rings is 1. The molecule has 1 aliphatic rings. The van der Waals surface area contributed by atoms with Crippen molar-refractivity contribution < 1.29 is 4.79 Å². The third-order valence-corrected chi connectivity index (χ3v) is 4.28. The van der Waals surface area contributed by atoms with E-state index in [1.807, 2.05) is 31.7 Å². The zero-order valence-electron chi connectivity index (χ0n) is 12.3. The number of nitrogens with one attached hydrogen (secondary N) is 1. The van der Waals surface area contributed by atoms with Crippen LogP contribution in [0.1, 0.15) is 38.9 Å². The van der Waals surface area contributed by atoms with E-state index in [4.69, 9.17) is 0 Å². The van der Waals surface area contributed by atoms with Crippen LogP contribution in [0.2, 0.25) is 0 Å². The Morgan fingerprint density at radius 3 is 3.00 bits per heavy atom. The minimum absolute atomic E-state index is 0.0792. The van der Waals surface area contributed by atoms with Crippen LogP contribution in [0.15, 0.2) is 12.5 Å². The first-order chi connectivity index (χ1) is 8.99. The van der Waals surface area contributed by atoms with Gasteiger partial charge in [0.1, 0.15) is 6.04 Å². The number of amides is 1. The Kier molecular flexibility index (Phi) is 3.94. The first kappa shape index (κ1) is 14.1. The fraction of sp³-hybridized carbons (Fsp3) is 0.714. The zero-order chi connectivity index (χ0) is 14.0. The minimum atomic E-state index is -0.195. The van der Waals surface area contributed by atoms with E-state index < -0.39 is 0 Å². The third-order valence-electron chi connectivity index (χ3n) is 4.28. The quantitative estimate of drug-likeness (QED) is 0.888. The van der Waals surface area contributed by atoms with E-state index in [0.717, 1.165) is 31.7 Å². The second kappa shape index (κ2) is 5.33. The average molecular weight is 264 g/mol. The first-order valence-electron chi connectivity index (χ1n) is 6.97. The SMILES string of the molecule is CCN(C)C(=O)C(C)n1cncc1C1(C)CCNC1. The number of nitrogens with zero attached hydrogens (tertiary/aromatic N) is 3. The molecule has 0 spiro atoms. The van der Waals surface area contributed by atoms with Gasteiger partial charge in [-0.15, -0.1) is 0 Å². The lowest BCUT2D eigenvalue weighted by Gasteiger charge is -2.28. The molecule has 0 radical (unpaired) electrons. The van der Waals surface area contributed by atoms with Crippen molar-refractivity contribution in [1.29, 1.82) is 0 Å². The Bertz CT molecular complexity index is 448. The largest absolute Gasteiger partial charge is 0.344 e. The third kappa shape index (κ3) is 2.52. The summed E-state index contributed by atoms with van der Waals surface area (Å²) in [6, 6.07) is -0.195. The molecule has 2 heterocycles. The van der Waals surface area contributed by atoms with Crippen LogP contribution >= 0.6 is 0 Å². The molecule has 1 aliphatic heterocycles. The van der Waals surface area contributed by atoms with E-state index in [9.17, 15) is 4.79 Å². The lowest BCUT2D eigenvalue weighted by atomic mass is 9.86. The van der Waals surface area contributed by atoms with Gasteiger partial charge in [-0.3, -0.25) is 4.79 Å². The van der Waals surface area contributed by atoms with Crippen LogP contribution in [0.5, 0.6) is 0 Å². The topological polar surface area (TPSA) is 50.2 Å². The van der Waals surface area contributed by atoms with Gasteiger partial charge in [0.05, 0.1) is 6.33 Å². The Morgan fingerprint density at radius 2 is 2.42 bits per heavy atom. The van der Waals surface area contributed by atoms with Crippen molar-refractivity contribution in [1.82, 2.24) is 19.8 Å². The van der Waals surface area contributed by atoms with Crippen molar-refractivity contribution in [3.05, 3.63) is 18.2 Å². The van der Waals surface area contributed by atoms with E-state index in [0.29, 0.717) is 0 Å². The minimum Gasteiger partial charge on any atom is -0.344 e. The molecule has 5 nitrogen and oxygen atoms in total. The van der Waals surface area contributed by atoms with E-state index >= 15 is 0 Å². The molecule has 0 bridgehead atoms. The van der Waals surface area contributed by atoms with Crippen LogP contribution in [0, 0.1) is 0 Å². The van der Waals surface area contributed by atoms with E-state index in [1.54, 1.807) is 11.2 Å². The lowest BCUT2D eigenvalue weighted by molar-refractivity contribution is -0.132. The van der Waals surface area contributed by atoms with Crippen LogP contribution in [0.4, 0.5) is 0 Å². The predicted molar refractivity (Wildman–Crippen MR) is 75.1 cm³/mol. The summed E-state index contributed by atoms with van der Waals surface area (Å²) in [4.78, 5) is 18.3. The highest BCUT2D eigenvalue weighted by Crippen LogP contribution is 2.31. The van der Waals surface area contributed by atoms with Gasteiger partial charge in [-0.2, -0.15) is 0 Å². The second-order valence-corrected chi connectivity index (χ2v) is 5.70. The number of aromatic nitrogens is 2. The average Bonchev–Trinajstić information content (AvgIpc) is 3.05. The Hall–Kier alpha value is -1.36. The zero-order valence-corrected chi connectivity index (χ0v) is 12.3. The predicted octanol–water partition coefficient (Wildman–Crippen LogP) is 1.17. The van der Waals surface area contributed by atoms with Crippen LogP contribution in [0.25, 0.3) is 0 Å². The number of carbonyl (C=O) groups excluding carboxylic acids is 1. The molecule has 2 unspecified atom stereocenters. The lowest BCUT2D eigenvalue weighted by Crippen LogP contribution is -2.36. The van der Waals surface area contributed by atoms with Crippen LogP contribution in [0.3, 0.4) is 0 Å². The van der Waals surface area contributed by atoms with Gasteiger partial charge in [0.25, 0.3) is 0 Å².